The van der Waals surface area contributed by atoms with Crippen LogP contribution in [0.3, 0.4) is 0 Å². The highest BCUT2D eigenvalue weighted by atomic mass is 79.9. The summed E-state index contributed by atoms with van der Waals surface area (Å²) < 4.78 is 2.25. The number of rotatable bonds is 4. The lowest BCUT2D eigenvalue weighted by Gasteiger charge is -2.07. The summed E-state index contributed by atoms with van der Waals surface area (Å²) in [7, 11) is 0. The lowest BCUT2D eigenvalue weighted by Crippen LogP contribution is -2.20. The molecule has 1 atom stereocenters. The Morgan fingerprint density at radius 1 is 1.63 bits per heavy atom. The average molecular weight is 322 g/mol. The number of nitrogens with zero attached hydrogens (tertiary/aromatic N) is 2. The summed E-state index contributed by atoms with van der Waals surface area (Å²) in [5, 5.41) is 3.91. The molecule has 0 aliphatic heterocycles. The van der Waals surface area contributed by atoms with Crippen LogP contribution in [0.4, 0.5) is 5.82 Å². The highest BCUT2D eigenvalue weighted by molar-refractivity contribution is 9.10. The molecule has 1 N–H and O–H groups in total. The fourth-order valence-electron chi connectivity index (χ4n) is 2.12. The number of anilines is 1. The van der Waals surface area contributed by atoms with Crippen molar-refractivity contribution in [3.05, 3.63) is 24.5 Å². The summed E-state index contributed by atoms with van der Waals surface area (Å²) in [4.78, 5) is 15.7. The Labute approximate surface area is 120 Å². The molecule has 1 aliphatic carbocycles. The van der Waals surface area contributed by atoms with Crippen LogP contribution in [-0.4, -0.2) is 20.3 Å². The van der Waals surface area contributed by atoms with Gasteiger partial charge in [0.25, 0.3) is 0 Å². The van der Waals surface area contributed by atoms with Gasteiger partial charge in [-0.3, -0.25) is 4.79 Å². The van der Waals surface area contributed by atoms with E-state index in [1.807, 2.05) is 12.3 Å². The van der Waals surface area contributed by atoms with Crippen molar-refractivity contribution in [2.24, 2.45) is 5.92 Å². The molecule has 0 aromatic carbocycles. The lowest BCUT2D eigenvalue weighted by atomic mass is 10.3. The van der Waals surface area contributed by atoms with Gasteiger partial charge >= 0.3 is 0 Å². The molecule has 0 saturated heterocycles. The third kappa shape index (κ3) is 2.81. The van der Waals surface area contributed by atoms with Gasteiger partial charge in [0.15, 0.2) is 0 Å². The van der Waals surface area contributed by atoms with Gasteiger partial charge in [0.2, 0.25) is 5.91 Å². The van der Waals surface area contributed by atoms with Crippen LogP contribution in [0.1, 0.15) is 19.8 Å². The van der Waals surface area contributed by atoms with Gasteiger partial charge in [0.1, 0.15) is 5.82 Å². The van der Waals surface area contributed by atoms with Crippen LogP contribution >= 0.6 is 15.9 Å². The van der Waals surface area contributed by atoms with Crippen molar-refractivity contribution < 1.29 is 4.79 Å². The summed E-state index contributed by atoms with van der Waals surface area (Å²) in [5.74, 6) is 1.36. The second-order valence-corrected chi connectivity index (χ2v) is 6.52. The normalized spacial score (nSPS) is 16.5. The maximum atomic E-state index is 11.6. The Morgan fingerprint density at radius 3 is 3.11 bits per heavy atom. The van der Waals surface area contributed by atoms with Crippen molar-refractivity contribution >= 4 is 38.6 Å². The zero-order valence-corrected chi connectivity index (χ0v) is 12.4. The molecule has 2 aromatic rings. The summed E-state index contributed by atoms with van der Waals surface area (Å²) in [6.07, 6.45) is 6.62. The molecule has 1 aliphatic rings. The topological polar surface area (TPSA) is 46.9 Å². The molecule has 4 nitrogen and oxygen atoms in total. The van der Waals surface area contributed by atoms with Crippen molar-refractivity contribution in [3.8, 4) is 0 Å². The zero-order valence-electron chi connectivity index (χ0n) is 10.8. The fraction of sp³-hybridized carbons (Fsp3) is 0.429. The SMILES string of the molecule is CC(Br)C(=O)Nc1cc2ccn(CC3CC3)c2cn1. The van der Waals surface area contributed by atoms with E-state index in [9.17, 15) is 4.79 Å². The van der Waals surface area contributed by atoms with Crippen LogP contribution in [-0.2, 0) is 11.3 Å². The molecule has 0 radical (unpaired) electrons. The summed E-state index contributed by atoms with van der Waals surface area (Å²) in [6, 6.07) is 4.00. The number of hydrogen-bond acceptors (Lipinski definition) is 2. The lowest BCUT2D eigenvalue weighted by molar-refractivity contribution is -0.115. The molecule has 1 fully saturated rings. The van der Waals surface area contributed by atoms with Crippen molar-refractivity contribution in [2.45, 2.75) is 31.1 Å². The van der Waals surface area contributed by atoms with Gasteiger partial charge in [-0.1, -0.05) is 15.9 Å². The molecular weight excluding hydrogens is 306 g/mol. The summed E-state index contributed by atoms with van der Waals surface area (Å²) >= 11 is 3.24. The molecule has 1 unspecified atom stereocenters. The van der Waals surface area contributed by atoms with Gasteiger partial charge in [-0.25, -0.2) is 4.98 Å². The number of amides is 1. The van der Waals surface area contributed by atoms with E-state index in [4.69, 9.17) is 0 Å². The number of halogens is 1. The predicted molar refractivity (Wildman–Crippen MR) is 79.5 cm³/mol. The van der Waals surface area contributed by atoms with Crippen molar-refractivity contribution in [2.75, 3.05) is 5.32 Å². The zero-order chi connectivity index (χ0) is 13.4. The first-order valence-electron chi connectivity index (χ1n) is 6.53. The molecule has 2 heterocycles. The summed E-state index contributed by atoms with van der Waals surface area (Å²) in [5.41, 5.74) is 1.14. The van der Waals surface area contributed by atoms with E-state index in [1.165, 1.54) is 12.8 Å². The summed E-state index contributed by atoms with van der Waals surface area (Å²) in [6.45, 7) is 2.87. The second-order valence-electron chi connectivity index (χ2n) is 5.15. The van der Waals surface area contributed by atoms with Crippen LogP contribution in [0.15, 0.2) is 24.5 Å². The Balaban J connectivity index is 1.83. The smallest absolute Gasteiger partial charge is 0.239 e. The predicted octanol–water partition coefficient (Wildman–Crippen LogP) is 3.17. The number of fused-ring (bicyclic) bond motifs is 1. The molecular formula is C14H16BrN3O. The van der Waals surface area contributed by atoms with Crippen molar-refractivity contribution in [3.63, 3.8) is 0 Å². The van der Waals surface area contributed by atoms with Gasteiger partial charge in [-0.15, -0.1) is 0 Å². The Morgan fingerprint density at radius 2 is 2.42 bits per heavy atom. The van der Waals surface area contributed by atoms with E-state index in [2.05, 4.69) is 43.1 Å². The molecule has 2 aromatic heterocycles. The highest BCUT2D eigenvalue weighted by Gasteiger charge is 2.22. The van der Waals surface area contributed by atoms with E-state index in [-0.39, 0.29) is 10.7 Å². The molecule has 5 heteroatoms. The largest absolute Gasteiger partial charge is 0.346 e. The van der Waals surface area contributed by atoms with Gasteiger partial charge < -0.3 is 9.88 Å². The van der Waals surface area contributed by atoms with Gasteiger partial charge in [0.05, 0.1) is 16.5 Å². The fourth-order valence-corrected chi connectivity index (χ4v) is 2.23. The number of hydrogen-bond donors (Lipinski definition) is 1. The molecule has 1 amide bonds. The minimum absolute atomic E-state index is 0.0794. The maximum Gasteiger partial charge on any atom is 0.239 e. The minimum atomic E-state index is -0.218. The first-order chi connectivity index (χ1) is 9.13. The van der Waals surface area contributed by atoms with E-state index in [1.54, 1.807) is 6.92 Å². The Bertz CT molecular complexity index is 616. The van der Waals surface area contributed by atoms with Gasteiger partial charge in [0, 0.05) is 18.1 Å². The molecule has 0 bridgehead atoms. The number of carbonyl (C=O) groups excluding carboxylic acids is 1. The number of aromatic nitrogens is 2. The number of alkyl halides is 1. The minimum Gasteiger partial charge on any atom is -0.346 e. The molecule has 1 saturated carbocycles. The third-order valence-corrected chi connectivity index (χ3v) is 3.84. The van der Waals surface area contributed by atoms with E-state index in [0.717, 1.165) is 23.4 Å². The van der Waals surface area contributed by atoms with Crippen molar-refractivity contribution in [1.29, 1.82) is 0 Å². The second kappa shape index (κ2) is 4.96. The Kier molecular flexibility index (Phi) is 3.31. The van der Waals surface area contributed by atoms with Crippen molar-refractivity contribution in [1.82, 2.24) is 9.55 Å². The van der Waals surface area contributed by atoms with Crippen LogP contribution in [0.25, 0.3) is 10.9 Å². The van der Waals surface area contributed by atoms with E-state index < -0.39 is 0 Å². The van der Waals surface area contributed by atoms with E-state index >= 15 is 0 Å². The van der Waals surface area contributed by atoms with Gasteiger partial charge in [-0.2, -0.15) is 0 Å². The van der Waals surface area contributed by atoms with E-state index in [0.29, 0.717) is 5.82 Å². The standard InChI is InChI=1S/C14H16BrN3O/c1-9(15)14(19)17-13-6-11-4-5-18(8-10-2-3-10)12(11)7-16-13/h4-7,9-10H,2-3,8H2,1H3,(H,16,17,19). The Hall–Kier alpha value is -1.36. The van der Waals surface area contributed by atoms with Crippen LogP contribution in [0, 0.1) is 5.92 Å². The number of pyridine rings is 1. The van der Waals surface area contributed by atoms with Crippen LogP contribution in [0.2, 0.25) is 0 Å². The highest BCUT2D eigenvalue weighted by Crippen LogP contribution is 2.32. The third-order valence-electron chi connectivity index (χ3n) is 3.42. The molecule has 100 valence electrons. The van der Waals surface area contributed by atoms with Crippen LogP contribution < -0.4 is 5.32 Å². The number of nitrogens with one attached hydrogen (secondary N) is 1. The number of carbonyl (C=O) groups is 1. The molecule has 0 spiro atoms. The molecule has 19 heavy (non-hydrogen) atoms. The quantitative estimate of drug-likeness (QED) is 0.879. The molecule has 3 rings (SSSR count). The monoisotopic (exact) mass is 321 g/mol. The average Bonchev–Trinajstić information content (AvgIpc) is 3.10. The first-order valence-corrected chi connectivity index (χ1v) is 7.45. The maximum absolute atomic E-state index is 11.6. The first kappa shape index (κ1) is 12.7. The van der Waals surface area contributed by atoms with Gasteiger partial charge in [-0.05, 0) is 37.8 Å². The van der Waals surface area contributed by atoms with Crippen LogP contribution in [0.5, 0.6) is 0 Å².